The average molecular weight is 421 g/mol. The average Bonchev–Trinajstić information content (AvgIpc) is 3.19. The fourth-order valence-corrected chi connectivity index (χ4v) is 3.85. The van der Waals surface area contributed by atoms with Gasteiger partial charge in [-0.15, -0.1) is 0 Å². The Morgan fingerprint density at radius 3 is 2.58 bits per heavy atom. The van der Waals surface area contributed by atoms with Gasteiger partial charge in [-0.3, -0.25) is 19.8 Å². The first-order valence-electron chi connectivity index (χ1n) is 9.98. The van der Waals surface area contributed by atoms with E-state index < -0.39 is 4.92 Å². The second-order valence-electron chi connectivity index (χ2n) is 7.58. The molecule has 0 spiro atoms. The summed E-state index contributed by atoms with van der Waals surface area (Å²) in [6.07, 6.45) is 3.18. The molecule has 0 radical (unpaired) electrons. The SMILES string of the molecule is Cn1ccnc1C(=O)c1ccc(N2CCN(Cc3cccc(O)c3)CC2)c([N+](=O)[O-])c1. The molecule has 1 aliphatic rings. The van der Waals surface area contributed by atoms with Crippen LogP contribution < -0.4 is 4.90 Å². The number of phenols is 1. The molecule has 0 amide bonds. The van der Waals surface area contributed by atoms with Crippen LogP contribution in [0.15, 0.2) is 54.9 Å². The maximum atomic E-state index is 12.7. The van der Waals surface area contributed by atoms with Gasteiger partial charge in [0.25, 0.3) is 5.69 Å². The number of nitro benzene ring substituents is 1. The van der Waals surface area contributed by atoms with E-state index in [0.717, 1.165) is 18.7 Å². The number of benzene rings is 2. The number of imidazole rings is 1. The summed E-state index contributed by atoms with van der Waals surface area (Å²) in [4.78, 5) is 32.3. The minimum atomic E-state index is -0.441. The maximum Gasteiger partial charge on any atom is 0.293 e. The number of carbonyl (C=O) groups excluding carboxylic acids is 1. The Kier molecular flexibility index (Phi) is 5.68. The molecule has 0 bridgehead atoms. The van der Waals surface area contributed by atoms with Gasteiger partial charge in [0.2, 0.25) is 5.78 Å². The molecule has 9 nitrogen and oxygen atoms in total. The summed E-state index contributed by atoms with van der Waals surface area (Å²) in [5, 5.41) is 21.4. The summed E-state index contributed by atoms with van der Waals surface area (Å²) in [6, 6.07) is 11.8. The van der Waals surface area contributed by atoms with Crippen molar-refractivity contribution in [3.63, 3.8) is 0 Å². The number of piperazine rings is 1. The van der Waals surface area contributed by atoms with Gasteiger partial charge in [0.05, 0.1) is 4.92 Å². The zero-order valence-electron chi connectivity index (χ0n) is 17.1. The van der Waals surface area contributed by atoms with Crippen LogP contribution in [-0.4, -0.2) is 56.4 Å². The van der Waals surface area contributed by atoms with Crippen molar-refractivity contribution in [1.82, 2.24) is 14.5 Å². The fraction of sp³-hybridized carbons (Fsp3) is 0.273. The van der Waals surface area contributed by atoms with E-state index >= 15 is 0 Å². The van der Waals surface area contributed by atoms with Gasteiger partial charge >= 0.3 is 0 Å². The van der Waals surface area contributed by atoms with Gasteiger partial charge in [-0.05, 0) is 29.8 Å². The molecule has 1 aliphatic heterocycles. The lowest BCUT2D eigenvalue weighted by Crippen LogP contribution is -2.46. The van der Waals surface area contributed by atoms with E-state index in [9.17, 15) is 20.0 Å². The molecular weight excluding hydrogens is 398 g/mol. The van der Waals surface area contributed by atoms with Crippen molar-refractivity contribution in [2.45, 2.75) is 6.54 Å². The van der Waals surface area contributed by atoms with E-state index in [2.05, 4.69) is 9.88 Å². The van der Waals surface area contributed by atoms with Gasteiger partial charge in [0.15, 0.2) is 5.82 Å². The summed E-state index contributed by atoms with van der Waals surface area (Å²) >= 11 is 0. The monoisotopic (exact) mass is 421 g/mol. The number of carbonyl (C=O) groups is 1. The Labute approximate surface area is 179 Å². The Hall–Kier alpha value is -3.72. The van der Waals surface area contributed by atoms with Crippen LogP contribution in [0.1, 0.15) is 21.7 Å². The predicted molar refractivity (Wildman–Crippen MR) is 115 cm³/mol. The highest BCUT2D eigenvalue weighted by atomic mass is 16.6. The van der Waals surface area contributed by atoms with E-state index in [1.807, 2.05) is 17.0 Å². The summed E-state index contributed by atoms with van der Waals surface area (Å²) in [7, 11) is 1.71. The van der Waals surface area contributed by atoms with Crippen LogP contribution in [0.3, 0.4) is 0 Å². The van der Waals surface area contributed by atoms with Gasteiger partial charge in [0, 0.05) is 63.8 Å². The minimum absolute atomic E-state index is 0.0820. The number of nitrogens with zero attached hydrogens (tertiary/aromatic N) is 5. The summed E-state index contributed by atoms with van der Waals surface area (Å²) in [5.41, 5.74) is 1.70. The number of hydrogen-bond acceptors (Lipinski definition) is 7. The number of phenolic OH excluding ortho intramolecular Hbond substituents is 1. The van der Waals surface area contributed by atoms with Crippen LogP contribution in [0.4, 0.5) is 11.4 Å². The molecule has 1 N–H and O–H groups in total. The molecule has 1 fully saturated rings. The smallest absolute Gasteiger partial charge is 0.293 e. The summed E-state index contributed by atoms with van der Waals surface area (Å²) < 4.78 is 1.59. The van der Waals surface area contributed by atoms with Crippen LogP contribution in [0, 0.1) is 10.1 Å². The van der Waals surface area contributed by atoms with Crippen LogP contribution in [0.25, 0.3) is 0 Å². The molecule has 4 rings (SSSR count). The molecule has 1 saturated heterocycles. The number of aromatic hydroxyl groups is 1. The second kappa shape index (κ2) is 8.57. The first kappa shape index (κ1) is 20.5. The molecule has 2 heterocycles. The third-order valence-corrected chi connectivity index (χ3v) is 5.49. The van der Waals surface area contributed by atoms with Crippen molar-refractivity contribution in [2.75, 3.05) is 31.1 Å². The molecule has 9 heteroatoms. The number of aromatic nitrogens is 2. The number of rotatable bonds is 6. The van der Waals surface area contributed by atoms with Crippen LogP contribution >= 0.6 is 0 Å². The third-order valence-electron chi connectivity index (χ3n) is 5.49. The molecule has 31 heavy (non-hydrogen) atoms. The van der Waals surface area contributed by atoms with Crippen molar-refractivity contribution in [2.24, 2.45) is 7.05 Å². The van der Waals surface area contributed by atoms with Crippen LogP contribution in [0.2, 0.25) is 0 Å². The molecule has 1 aromatic heterocycles. The zero-order chi connectivity index (χ0) is 22.0. The number of nitro groups is 1. The van der Waals surface area contributed by atoms with Crippen molar-refractivity contribution in [3.8, 4) is 5.75 Å². The van der Waals surface area contributed by atoms with E-state index in [4.69, 9.17) is 0 Å². The lowest BCUT2D eigenvalue weighted by molar-refractivity contribution is -0.384. The van der Waals surface area contributed by atoms with Crippen molar-refractivity contribution in [3.05, 3.63) is 81.9 Å². The number of ketones is 1. The van der Waals surface area contributed by atoms with Gasteiger partial charge in [-0.1, -0.05) is 12.1 Å². The quantitative estimate of drug-likeness (QED) is 0.370. The Bertz CT molecular complexity index is 1120. The first-order valence-corrected chi connectivity index (χ1v) is 9.98. The number of hydrogen-bond donors (Lipinski definition) is 1. The van der Waals surface area contributed by atoms with E-state index in [0.29, 0.717) is 25.3 Å². The number of anilines is 1. The fourth-order valence-electron chi connectivity index (χ4n) is 3.85. The molecule has 160 valence electrons. The van der Waals surface area contributed by atoms with Gasteiger partial charge in [-0.2, -0.15) is 0 Å². The Morgan fingerprint density at radius 2 is 1.94 bits per heavy atom. The second-order valence-corrected chi connectivity index (χ2v) is 7.58. The zero-order valence-corrected chi connectivity index (χ0v) is 17.1. The summed E-state index contributed by atoms with van der Waals surface area (Å²) in [6.45, 7) is 3.45. The highest BCUT2D eigenvalue weighted by molar-refractivity contribution is 6.07. The standard InChI is InChI=1S/C22H23N5O4/c1-24-8-7-23-22(24)21(29)17-5-6-19(20(14-17)27(30)31)26-11-9-25(10-12-26)15-16-3-2-4-18(28)13-16/h2-8,13-14,28H,9-12,15H2,1H3. The Morgan fingerprint density at radius 1 is 1.16 bits per heavy atom. The van der Waals surface area contributed by atoms with Crippen molar-refractivity contribution < 1.29 is 14.8 Å². The van der Waals surface area contributed by atoms with Crippen LogP contribution in [0.5, 0.6) is 5.75 Å². The number of aryl methyl sites for hydroxylation is 1. The molecular formula is C22H23N5O4. The highest BCUT2D eigenvalue weighted by Crippen LogP contribution is 2.31. The Balaban J connectivity index is 1.49. The largest absolute Gasteiger partial charge is 0.508 e. The van der Waals surface area contributed by atoms with Crippen LogP contribution in [-0.2, 0) is 13.6 Å². The molecule has 2 aromatic carbocycles. The normalized spacial score (nSPS) is 14.5. The maximum absolute atomic E-state index is 12.7. The highest BCUT2D eigenvalue weighted by Gasteiger charge is 2.26. The molecule has 0 unspecified atom stereocenters. The molecule has 0 aliphatic carbocycles. The van der Waals surface area contributed by atoms with E-state index in [1.54, 1.807) is 42.1 Å². The third kappa shape index (κ3) is 4.41. The van der Waals surface area contributed by atoms with Crippen molar-refractivity contribution in [1.29, 1.82) is 0 Å². The van der Waals surface area contributed by atoms with Crippen molar-refractivity contribution >= 4 is 17.2 Å². The van der Waals surface area contributed by atoms with Gasteiger partial charge in [0.1, 0.15) is 11.4 Å². The topological polar surface area (TPSA) is 105 Å². The first-order chi connectivity index (χ1) is 14.9. The molecule has 3 aromatic rings. The van der Waals surface area contributed by atoms with E-state index in [1.165, 1.54) is 12.3 Å². The van der Waals surface area contributed by atoms with Gasteiger partial charge in [-0.25, -0.2) is 4.98 Å². The summed E-state index contributed by atoms with van der Waals surface area (Å²) in [5.74, 6) is 0.132. The minimum Gasteiger partial charge on any atom is -0.508 e. The predicted octanol–water partition coefficient (Wildman–Crippen LogP) is 2.59. The molecule has 0 atom stereocenters. The van der Waals surface area contributed by atoms with Gasteiger partial charge < -0.3 is 14.6 Å². The molecule has 0 saturated carbocycles. The lowest BCUT2D eigenvalue weighted by atomic mass is 10.1. The lowest BCUT2D eigenvalue weighted by Gasteiger charge is -2.35. The van der Waals surface area contributed by atoms with E-state index in [-0.39, 0.29) is 28.6 Å².